The Kier molecular flexibility index (Phi) is 6.93. The molecule has 1 saturated heterocycles. The summed E-state index contributed by atoms with van der Waals surface area (Å²) < 4.78 is 7.15. The van der Waals surface area contributed by atoms with E-state index in [1.54, 1.807) is 44.5 Å². The predicted molar refractivity (Wildman–Crippen MR) is 137 cm³/mol. The molecule has 0 radical (unpaired) electrons. The van der Waals surface area contributed by atoms with Gasteiger partial charge in [0.2, 0.25) is 0 Å². The Morgan fingerprint density at radius 1 is 1.26 bits per heavy atom. The summed E-state index contributed by atoms with van der Waals surface area (Å²) in [6.07, 6.45) is 3.23. The minimum absolute atomic E-state index is 0.0174. The normalized spacial score (nSPS) is 14.6. The molecule has 7 nitrogen and oxygen atoms in total. The van der Waals surface area contributed by atoms with Gasteiger partial charge in [-0.3, -0.25) is 19.1 Å². The van der Waals surface area contributed by atoms with Crippen LogP contribution in [0.25, 0.3) is 6.08 Å². The Labute approximate surface area is 210 Å². The van der Waals surface area contributed by atoms with Gasteiger partial charge in [0.25, 0.3) is 11.5 Å². The SMILES string of the molecule is Cc1c(/C=C2\SC(=S)N(Cc3ccccc3Cl)C2=O)c(NCc2ccco2)n(C)c(=O)c1C#N. The fourth-order valence-corrected chi connectivity index (χ4v) is 5.03. The van der Waals surface area contributed by atoms with E-state index in [0.717, 1.165) is 5.56 Å². The molecule has 1 fully saturated rings. The third kappa shape index (κ3) is 4.53. The molecule has 2 aromatic heterocycles. The van der Waals surface area contributed by atoms with Gasteiger partial charge < -0.3 is 9.73 Å². The Morgan fingerprint density at radius 2 is 2.03 bits per heavy atom. The van der Waals surface area contributed by atoms with Crippen LogP contribution in [-0.2, 0) is 24.9 Å². The number of rotatable bonds is 6. The van der Waals surface area contributed by atoms with Crippen LogP contribution in [0.4, 0.5) is 5.82 Å². The highest BCUT2D eigenvalue weighted by Gasteiger charge is 2.33. The molecule has 1 amide bonds. The second-order valence-corrected chi connectivity index (χ2v) is 9.61. The number of carbonyl (C=O) groups excluding carboxylic acids is 1. The molecule has 172 valence electrons. The average Bonchev–Trinajstić information content (AvgIpc) is 3.43. The summed E-state index contributed by atoms with van der Waals surface area (Å²) in [5.41, 5.74) is 1.41. The first-order valence-electron chi connectivity index (χ1n) is 10.2. The van der Waals surface area contributed by atoms with Crippen LogP contribution >= 0.6 is 35.6 Å². The predicted octanol–water partition coefficient (Wildman–Crippen LogP) is 4.83. The minimum Gasteiger partial charge on any atom is -0.467 e. The van der Waals surface area contributed by atoms with E-state index in [-0.39, 0.29) is 18.0 Å². The van der Waals surface area contributed by atoms with Gasteiger partial charge >= 0.3 is 0 Å². The molecule has 1 aliphatic heterocycles. The number of thiocarbonyl (C=S) groups is 1. The molecule has 0 saturated carbocycles. The zero-order chi connectivity index (χ0) is 24.4. The highest BCUT2D eigenvalue weighted by Crippen LogP contribution is 2.36. The molecule has 1 aromatic carbocycles. The highest BCUT2D eigenvalue weighted by molar-refractivity contribution is 8.26. The van der Waals surface area contributed by atoms with Crippen molar-refractivity contribution in [3.05, 3.63) is 91.0 Å². The maximum absolute atomic E-state index is 13.2. The lowest BCUT2D eigenvalue weighted by Gasteiger charge is -2.17. The van der Waals surface area contributed by atoms with Gasteiger partial charge in [-0.25, -0.2) is 0 Å². The second-order valence-electron chi connectivity index (χ2n) is 7.53. The Bertz CT molecular complexity index is 1420. The van der Waals surface area contributed by atoms with Gasteiger partial charge in [0.05, 0.1) is 24.3 Å². The van der Waals surface area contributed by atoms with Gasteiger partial charge in [0.15, 0.2) is 0 Å². The largest absolute Gasteiger partial charge is 0.467 e. The summed E-state index contributed by atoms with van der Waals surface area (Å²) in [4.78, 5) is 27.9. The molecule has 0 spiro atoms. The van der Waals surface area contributed by atoms with Crippen molar-refractivity contribution in [1.82, 2.24) is 9.47 Å². The fourth-order valence-electron chi connectivity index (χ4n) is 3.59. The van der Waals surface area contributed by atoms with Crippen molar-refractivity contribution in [2.75, 3.05) is 5.32 Å². The molecule has 10 heteroatoms. The first-order chi connectivity index (χ1) is 16.3. The number of anilines is 1. The van der Waals surface area contributed by atoms with Gasteiger partial charge in [0, 0.05) is 17.6 Å². The molecule has 0 aliphatic carbocycles. The zero-order valence-electron chi connectivity index (χ0n) is 18.3. The van der Waals surface area contributed by atoms with Crippen molar-refractivity contribution < 1.29 is 9.21 Å². The lowest BCUT2D eigenvalue weighted by atomic mass is 10.0. The van der Waals surface area contributed by atoms with Crippen molar-refractivity contribution in [1.29, 1.82) is 5.26 Å². The van der Waals surface area contributed by atoms with Gasteiger partial charge in [-0.2, -0.15) is 5.26 Å². The van der Waals surface area contributed by atoms with E-state index in [1.807, 2.05) is 24.3 Å². The van der Waals surface area contributed by atoms with E-state index in [9.17, 15) is 14.9 Å². The number of nitrogens with one attached hydrogen (secondary N) is 1. The molecular formula is C24H19ClN4O3S2. The van der Waals surface area contributed by atoms with Crippen molar-refractivity contribution in [3.63, 3.8) is 0 Å². The van der Waals surface area contributed by atoms with Gasteiger partial charge in [-0.15, -0.1) is 0 Å². The van der Waals surface area contributed by atoms with Crippen LogP contribution in [0.5, 0.6) is 0 Å². The van der Waals surface area contributed by atoms with Crippen LogP contribution in [0, 0.1) is 18.3 Å². The van der Waals surface area contributed by atoms with Crippen LogP contribution in [-0.4, -0.2) is 19.7 Å². The highest BCUT2D eigenvalue weighted by atomic mass is 35.5. The quantitative estimate of drug-likeness (QED) is 0.375. The maximum atomic E-state index is 13.2. The summed E-state index contributed by atoms with van der Waals surface area (Å²) in [6, 6.07) is 12.8. The van der Waals surface area contributed by atoms with Crippen LogP contribution in [0.2, 0.25) is 5.02 Å². The number of amides is 1. The summed E-state index contributed by atoms with van der Waals surface area (Å²) in [7, 11) is 1.58. The monoisotopic (exact) mass is 510 g/mol. The number of halogens is 1. The number of nitriles is 1. The molecular weight excluding hydrogens is 492 g/mol. The van der Waals surface area contributed by atoms with Crippen LogP contribution in [0.15, 0.2) is 56.8 Å². The van der Waals surface area contributed by atoms with Crippen molar-refractivity contribution >= 4 is 57.7 Å². The number of pyridine rings is 1. The number of nitrogens with zero attached hydrogens (tertiary/aromatic N) is 3. The van der Waals surface area contributed by atoms with Gasteiger partial charge in [-0.05, 0) is 42.3 Å². The minimum atomic E-state index is -0.426. The Hall–Kier alpha value is -3.32. The molecule has 34 heavy (non-hydrogen) atoms. The third-order valence-electron chi connectivity index (χ3n) is 5.45. The molecule has 3 heterocycles. The topological polar surface area (TPSA) is 91.3 Å². The molecule has 1 aliphatic rings. The van der Waals surface area contributed by atoms with E-state index in [2.05, 4.69) is 5.32 Å². The smallest absolute Gasteiger partial charge is 0.270 e. The maximum Gasteiger partial charge on any atom is 0.270 e. The zero-order valence-corrected chi connectivity index (χ0v) is 20.7. The molecule has 0 bridgehead atoms. The number of thioether (sulfide) groups is 1. The summed E-state index contributed by atoms with van der Waals surface area (Å²) in [6.45, 7) is 2.26. The Morgan fingerprint density at radius 3 is 2.71 bits per heavy atom. The van der Waals surface area contributed by atoms with Gasteiger partial charge in [0.1, 0.15) is 27.5 Å². The number of benzene rings is 1. The van der Waals surface area contributed by atoms with Crippen molar-refractivity contribution in [2.24, 2.45) is 7.05 Å². The van der Waals surface area contributed by atoms with E-state index in [4.69, 9.17) is 28.2 Å². The Balaban J connectivity index is 1.74. The standard InChI is InChI=1S/C24H19ClN4O3S2/c1-14-17(21(27-12-16-7-5-9-32-16)28(2)22(30)18(14)11-26)10-20-23(31)29(24(33)34-20)13-15-6-3-4-8-19(15)25/h3-10,27H,12-13H2,1-2H3/b20-10-. The molecule has 3 aromatic rings. The van der Waals surface area contributed by atoms with Crippen molar-refractivity contribution in [3.8, 4) is 6.07 Å². The number of hydrogen-bond acceptors (Lipinski definition) is 7. The summed E-state index contributed by atoms with van der Waals surface area (Å²) >= 11 is 12.9. The molecule has 1 N–H and O–H groups in total. The van der Waals surface area contributed by atoms with E-state index < -0.39 is 5.56 Å². The average molecular weight is 511 g/mol. The first kappa shape index (κ1) is 23.8. The number of aromatic nitrogens is 1. The number of carbonyl (C=O) groups is 1. The first-order valence-corrected chi connectivity index (χ1v) is 11.8. The number of hydrogen-bond donors (Lipinski definition) is 1. The summed E-state index contributed by atoms with van der Waals surface area (Å²) in [5.74, 6) is 0.874. The molecule has 0 atom stereocenters. The third-order valence-corrected chi connectivity index (χ3v) is 7.19. The number of furan rings is 1. The van der Waals surface area contributed by atoms with Crippen LogP contribution in [0.3, 0.4) is 0 Å². The van der Waals surface area contributed by atoms with E-state index >= 15 is 0 Å². The fraction of sp³-hybridized carbons (Fsp3) is 0.167. The lowest BCUT2D eigenvalue weighted by molar-refractivity contribution is -0.122. The van der Waals surface area contributed by atoms with E-state index in [1.165, 1.54) is 21.2 Å². The van der Waals surface area contributed by atoms with Crippen LogP contribution < -0.4 is 10.9 Å². The molecule has 4 rings (SSSR count). The second kappa shape index (κ2) is 9.89. The molecule has 0 unspecified atom stereocenters. The van der Waals surface area contributed by atoms with Crippen LogP contribution in [0.1, 0.15) is 28.0 Å². The van der Waals surface area contributed by atoms with E-state index in [0.29, 0.717) is 43.5 Å². The van der Waals surface area contributed by atoms with Crippen molar-refractivity contribution in [2.45, 2.75) is 20.0 Å². The summed E-state index contributed by atoms with van der Waals surface area (Å²) in [5, 5.41) is 13.3. The van der Waals surface area contributed by atoms with Gasteiger partial charge in [-0.1, -0.05) is 53.8 Å². The lowest BCUT2D eigenvalue weighted by Crippen LogP contribution is -2.27.